The van der Waals surface area contributed by atoms with Gasteiger partial charge in [0, 0.05) is 39.1 Å². The van der Waals surface area contributed by atoms with Gasteiger partial charge in [-0.25, -0.2) is 0 Å². The lowest BCUT2D eigenvalue weighted by Gasteiger charge is -2.33. The summed E-state index contributed by atoms with van der Waals surface area (Å²) in [5.41, 5.74) is 0. The van der Waals surface area contributed by atoms with E-state index in [2.05, 4.69) is 52.8 Å². The molecule has 0 unspecified atom stereocenters. The molecule has 2 aliphatic heterocycles. The standard InChI is InChI=1S/C18H27N7S/c1-19-18(20-13-16-23-22-15-5-2-3-9-25(15)16)21-14-7-10-24(11-8-14)17-6-4-12-26-17/h4,6,12,14H,2-3,5,7-11,13H2,1H3,(H2,19,20,21). The van der Waals surface area contributed by atoms with Crippen LogP contribution in [0.3, 0.4) is 0 Å². The predicted molar refractivity (Wildman–Crippen MR) is 106 cm³/mol. The molecule has 0 atom stereocenters. The highest BCUT2D eigenvalue weighted by Crippen LogP contribution is 2.24. The predicted octanol–water partition coefficient (Wildman–Crippen LogP) is 2.01. The van der Waals surface area contributed by atoms with Crippen molar-refractivity contribution in [3.05, 3.63) is 29.2 Å². The zero-order valence-electron chi connectivity index (χ0n) is 15.3. The molecule has 2 aromatic heterocycles. The molecule has 26 heavy (non-hydrogen) atoms. The van der Waals surface area contributed by atoms with Gasteiger partial charge in [-0.2, -0.15) is 0 Å². The summed E-state index contributed by atoms with van der Waals surface area (Å²) >= 11 is 1.82. The molecule has 0 spiro atoms. The van der Waals surface area contributed by atoms with E-state index in [4.69, 9.17) is 0 Å². The van der Waals surface area contributed by atoms with Gasteiger partial charge in [-0.1, -0.05) is 0 Å². The van der Waals surface area contributed by atoms with E-state index in [9.17, 15) is 0 Å². The Bertz CT molecular complexity index is 729. The van der Waals surface area contributed by atoms with Crippen LogP contribution in [0.4, 0.5) is 5.00 Å². The van der Waals surface area contributed by atoms with Gasteiger partial charge < -0.3 is 20.1 Å². The number of anilines is 1. The van der Waals surface area contributed by atoms with E-state index in [0.717, 1.165) is 56.5 Å². The molecule has 7 nitrogen and oxygen atoms in total. The number of hydrogen-bond donors (Lipinski definition) is 2. The van der Waals surface area contributed by atoms with Gasteiger partial charge in [0.2, 0.25) is 0 Å². The van der Waals surface area contributed by atoms with Crippen molar-refractivity contribution < 1.29 is 0 Å². The van der Waals surface area contributed by atoms with Gasteiger partial charge in [-0.15, -0.1) is 21.5 Å². The van der Waals surface area contributed by atoms with E-state index in [-0.39, 0.29) is 0 Å². The van der Waals surface area contributed by atoms with Crippen LogP contribution in [0.25, 0.3) is 0 Å². The smallest absolute Gasteiger partial charge is 0.191 e. The summed E-state index contributed by atoms with van der Waals surface area (Å²) < 4.78 is 2.25. The number of aromatic nitrogens is 3. The lowest BCUT2D eigenvalue weighted by molar-refractivity contribution is 0.461. The summed E-state index contributed by atoms with van der Waals surface area (Å²) in [5, 5.41) is 19.2. The van der Waals surface area contributed by atoms with Crippen LogP contribution in [0.2, 0.25) is 0 Å². The molecule has 2 N–H and O–H groups in total. The highest BCUT2D eigenvalue weighted by Gasteiger charge is 2.21. The molecule has 2 aliphatic rings. The lowest BCUT2D eigenvalue weighted by atomic mass is 10.1. The fourth-order valence-electron chi connectivity index (χ4n) is 3.74. The minimum Gasteiger partial charge on any atom is -0.363 e. The van der Waals surface area contributed by atoms with Crippen molar-refractivity contribution in [2.24, 2.45) is 4.99 Å². The normalized spacial score (nSPS) is 18.7. The van der Waals surface area contributed by atoms with E-state index >= 15 is 0 Å². The molecule has 8 heteroatoms. The molecule has 140 valence electrons. The maximum atomic E-state index is 4.39. The van der Waals surface area contributed by atoms with E-state index in [1.807, 2.05) is 18.4 Å². The summed E-state index contributed by atoms with van der Waals surface area (Å²) in [4.78, 5) is 6.86. The van der Waals surface area contributed by atoms with E-state index in [1.165, 1.54) is 17.8 Å². The monoisotopic (exact) mass is 373 g/mol. The average molecular weight is 374 g/mol. The first-order valence-corrected chi connectivity index (χ1v) is 10.4. The fraction of sp³-hybridized carbons (Fsp3) is 0.611. The van der Waals surface area contributed by atoms with Gasteiger partial charge in [0.15, 0.2) is 11.8 Å². The minimum absolute atomic E-state index is 0.463. The second kappa shape index (κ2) is 8.07. The third-order valence-corrected chi connectivity index (χ3v) is 6.16. The Morgan fingerprint density at radius 1 is 1.27 bits per heavy atom. The number of aryl methyl sites for hydroxylation is 1. The number of nitrogens with one attached hydrogen (secondary N) is 2. The van der Waals surface area contributed by atoms with Crippen molar-refractivity contribution in [3.8, 4) is 0 Å². The van der Waals surface area contributed by atoms with Gasteiger partial charge in [0.25, 0.3) is 0 Å². The number of nitrogens with zero attached hydrogens (tertiary/aromatic N) is 5. The van der Waals surface area contributed by atoms with E-state index in [1.54, 1.807) is 0 Å². The molecular weight excluding hydrogens is 346 g/mol. The molecule has 0 bridgehead atoms. The maximum absolute atomic E-state index is 4.39. The maximum Gasteiger partial charge on any atom is 0.191 e. The van der Waals surface area contributed by atoms with Crippen molar-refractivity contribution >= 4 is 22.3 Å². The van der Waals surface area contributed by atoms with E-state index < -0.39 is 0 Å². The molecule has 4 heterocycles. The van der Waals surface area contributed by atoms with Crippen LogP contribution in [0, 0.1) is 0 Å². The summed E-state index contributed by atoms with van der Waals surface area (Å²) in [6, 6.07) is 4.79. The first kappa shape index (κ1) is 17.3. The quantitative estimate of drug-likeness (QED) is 0.634. The van der Waals surface area contributed by atoms with Crippen LogP contribution in [0.1, 0.15) is 37.3 Å². The molecule has 0 amide bonds. The minimum atomic E-state index is 0.463. The Hall–Kier alpha value is -2.09. The Balaban J connectivity index is 1.27. The largest absolute Gasteiger partial charge is 0.363 e. The van der Waals surface area contributed by atoms with Gasteiger partial charge in [0.1, 0.15) is 5.82 Å². The highest BCUT2D eigenvalue weighted by molar-refractivity contribution is 7.14. The van der Waals surface area contributed by atoms with Crippen molar-refractivity contribution in [1.29, 1.82) is 0 Å². The SMILES string of the molecule is CN=C(NCc1nnc2n1CCCC2)NC1CCN(c2cccs2)CC1. The third kappa shape index (κ3) is 3.85. The summed E-state index contributed by atoms with van der Waals surface area (Å²) in [6.45, 7) is 3.88. The van der Waals surface area contributed by atoms with Gasteiger partial charge in [-0.3, -0.25) is 4.99 Å². The molecule has 4 rings (SSSR count). The Labute approximate surface area is 158 Å². The molecule has 1 fully saturated rings. The Morgan fingerprint density at radius 3 is 2.92 bits per heavy atom. The van der Waals surface area contributed by atoms with Crippen molar-refractivity contribution in [1.82, 2.24) is 25.4 Å². The third-order valence-electron chi connectivity index (χ3n) is 5.23. The fourth-order valence-corrected chi connectivity index (χ4v) is 4.53. The van der Waals surface area contributed by atoms with Gasteiger partial charge in [0.05, 0.1) is 11.5 Å². The van der Waals surface area contributed by atoms with Crippen LogP contribution < -0.4 is 15.5 Å². The van der Waals surface area contributed by atoms with Crippen molar-refractivity contribution in [3.63, 3.8) is 0 Å². The van der Waals surface area contributed by atoms with Crippen molar-refractivity contribution in [2.75, 3.05) is 25.0 Å². The first-order chi connectivity index (χ1) is 12.8. The zero-order chi connectivity index (χ0) is 17.8. The van der Waals surface area contributed by atoms with Crippen molar-refractivity contribution in [2.45, 2.75) is 51.2 Å². The number of piperidine rings is 1. The molecule has 2 aromatic rings. The van der Waals surface area contributed by atoms with Crippen LogP contribution >= 0.6 is 11.3 Å². The number of aliphatic imine (C=N–C) groups is 1. The summed E-state index contributed by atoms with van der Waals surface area (Å²) in [5.74, 6) is 2.99. The average Bonchev–Trinajstić information content (AvgIpc) is 3.36. The lowest BCUT2D eigenvalue weighted by Crippen LogP contribution is -2.48. The summed E-state index contributed by atoms with van der Waals surface area (Å²) in [6.07, 6.45) is 5.73. The number of fused-ring (bicyclic) bond motifs is 1. The van der Waals surface area contributed by atoms with Gasteiger partial charge in [-0.05, 0) is 43.2 Å². The number of hydrogen-bond acceptors (Lipinski definition) is 5. The van der Waals surface area contributed by atoms with Crippen LogP contribution in [0.15, 0.2) is 22.5 Å². The second-order valence-electron chi connectivity index (χ2n) is 6.92. The second-order valence-corrected chi connectivity index (χ2v) is 7.85. The molecular formula is C18H27N7S. The molecule has 0 aromatic carbocycles. The number of rotatable bonds is 4. The molecule has 0 saturated carbocycles. The van der Waals surface area contributed by atoms with Crippen LogP contribution in [-0.2, 0) is 19.5 Å². The molecule has 0 aliphatic carbocycles. The zero-order valence-corrected chi connectivity index (χ0v) is 16.1. The Morgan fingerprint density at radius 2 is 2.15 bits per heavy atom. The molecule has 1 saturated heterocycles. The van der Waals surface area contributed by atoms with E-state index in [0.29, 0.717) is 12.6 Å². The summed E-state index contributed by atoms with van der Waals surface area (Å²) in [7, 11) is 1.83. The topological polar surface area (TPSA) is 70.4 Å². The molecule has 0 radical (unpaired) electrons. The van der Waals surface area contributed by atoms with Crippen LogP contribution in [-0.4, -0.2) is 46.9 Å². The number of guanidine groups is 1. The number of thiophene rings is 1. The van der Waals surface area contributed by atoms with Gasteiger partial charge >= 0.3 is 0 Å². The Kier molecular flexibility index (Phi) is 5.38. The first-order valence-electron chi connectivity index (χ1n) is 9.50. The highest BCUT2D eigenvalue weighted by atomic mass is 32.1. The van der Waals surface area contributed by atoms with Crippen LogP contribution in [0.5, 0.6) is 0 Å².